The second-order valence-corrected chi connectivity index (χ2v) is 4.84. The normalized spacial score (nSPS) is 10.8. The Labute approximate surface area is 115 Å². The van der Waals surface area contributed by atoms with Crippen molar-refractivity contribution in [2.45, 2.75) is 19.8 Å². The van der Waals surface area contributed by atoms with Gasteiger partial charge >= 0.3 is 0 Å². The van der Waals surface area contributed by atoms with E-state index in [4.69, 9.17) is 5.73 Å². The highest BCUT2D eigenvalue weighted by molar-refractivity contribution is 5.47. The van der Waals surface area contributed by atoms with Gasteiger partial charge in [-0.2, -0.15) is 0 Å². The van der Waals surface area contributed by atoms with Crippen molar-refractivity contribution < 1.29 is 0 Å². The number of aryl methyl sites for hydroxylation is 1. The maximum atomic E-state index is 5.47. The van der Waals surface area contributed by atoms with Crippen molar-refractivity contribution in [1.82, 2.24) is 14.9 Å². The van der Waals surface area contributed by atoms with Crippen LogP contribution in [0.25, 0.3) is 0 Å². The first-order valence-electron chi connectivity index (χ1n) is 6.80. The Morgan fingerprint density at radius 3 is 2.21 bits per heavy atom. The van der Waals surface area contributed by atoms with E-state index in [1.165, 1.54) is 0 Å². The number of aromatic nitrogens is 2. The molecule has 4 N–H and O–H groups in total. The number of hydrogen-bond donors (Lipinski definition) is 3. The van der Waals surface area contributed by atoms with Gasteiger partial charge in [-0.15, -0.1) is 0 Å². The Morgan fingerprint density at radius 1 is 1.11 bits per heavy atom. The molecule has 108 valence electrons. The van der Waals surface area contributed by atoms with E-state index in [9.17, 15) is 0 Å². The second kappa shape index (κ2) is 8.66. The molecular formula is C13H26N6. The van der Waals surface area contributed by atoms with E-state index in [1.54, 1.807) is 0 Å². The number of nitrogens with zero attached hydrogens (tertiary/aromatic N) is 3. The van der Waals surface area contributed by atoms with E-state index in [0.29, 0.717) is 6.54 Å². The standard InChI is InChI=1S/C13H26N6/c1-11-17-12(15-7-4-6-14)10-13(18-11)16-8-5-9-19(2)3/h10H,4-9,14H2,1-3H3,(H2,15,16,17,18). The molecule has 0 aliphatic carbocycles. The van der Waals surface area contributed by atoms with Crippen LogP contribution in [0.5, 0.6) is 0 Å². The Balaban J connectivity index is 2.44. The van der Waals surface area contributed by atoms with E-state index >= 15 is 0 Å². The Hall–Kier alpha value is -1.40. The number of anilines is 2. The average Bonchev–Trinajstić information content (AvgIpc) is 2.34. The minimum absolute atomic E-state index is 0.687. The van der Waals surface area contributed by atoms with Crippen LogP contribution in [0.2, 0.25) is 0 Å². The summed E-state index contributed by atoms with van der Waals surface area (Å²) in [4.78, 5) is 10.9. The zero-order valence-corrected chi connectivity index (χ0v) is 12.2. The molecule has 0 radical (unpaired) electrons. The molecule has 1 aromatic heterocycles. The van der Waals surface area contributed by atoms with Crippen LogP contribution in [0, 0.1) is 6.92 Å². The van der Waals surface area contributed by atoms with Crippen LogP contribution < -0.4 is 16.4 Å². The number of nitrogens with two attached hydrogens (primary N) is 1. The van der Waals surface area contributed by atoms with E-state index in [1.807, 2.05) is 13.0 Å². The van der Waals surface area contributed by atoms with Gasteiger partial charge in [0, 0.05) is 19.2 Å². The van der Waals surface area contributed by atoms with Gasteiger partial charge in [0.2, 0.25) is 0 Å². The average molecular weight is 266 g/mol. The first-order chi connectivity index (χ1) is 9.11. The van der Waals surface area contributed by atoms with Crippen molar-refractivity contribution in [3.05, 3.63) is 11.9 Å². The molecule has 0 saturated heterocycles. The van der Waals surface area contributed by atoms with Gasteiger partial charge in [0.05, 0.1) is 0 Å². The smallest absolute Gasteiger partial charge is 0.131 e. The summed E-state index contributed by atoms with van der Waals surface area (Å²) in [7, 11) is 4.16. The van der Waals surface area contributed by atoms with Crippen molar-refractivity contribution in [2.24, 2.45) is 5.73 Å². The highest BCUT2D eigenvalue weighted by atomic mass is 15.1. The minimum atomic E-state index is 0.687. The van der Waals surface area contributed by atoms with Crippen molar-refractivity contribution in [2.75, 3.05) is 50.9 Å². The lowest BCUT2D eigenvalue weighted by atomic mass is 10.4. The third-order valence-corrected chi connectivity index (χ3v) is 2.61. The number of nitrogens with one attached hydrogen (secondary N) is 2. The molecule has 0 atom stereocenters. The topological polar surface area (TPSA) is 79.1 Å². The van der Waals surface area contributed by atoms with E-state index in [-0.39, 0.29) is 0 Å². The van der Waals surface area contributed by atoms with Gasteiger partial charge in [-0.25, -0.2) is 9.97 Å². The van der Waals surface area contributed by atoms with Crippen LogP contribution >= 0.6 is 0 Å². The van der Waals surface area contributed by atoms with Crippen molar-refractivity contribution in [3.8, 4) is 0 Å². The first-order valence-corrected chi connectivity index (χ1v) is 6.80. The third-order valence-electron chi connectivity index (χ3n) is 2.61. The predicted octanol–water partition coefficient (Wildman–Crippen LogP) is 0.909. The van der Waals surface area contributed by atoms with Gasteiger partial charge in [0.1, 0.15) is 17.5 Å². The molecule has 0 fully saturated rings. The zero-order chi connectivity index (χ0) is 14.1. The summed E-state index contributed by atoms with van der Waals surface area (Å²) < 4.78 is 0. The maximum absolute atomic E-state index is 5.47. The third kappa shape index (κ3) is 6.93. The summed E-state index contributed by atoms with van der Waals surface area (Å²) in [6, 6.07) is 1.94. The second-order valence-electron chi connectivity index (χ2n) is 4.84. The molecule has 0 amide bonds. The molecule has 0 spiro atoms. The van der Waals surface area contributed by atoms with Crippen LogP contribution in [0.3, 0.4) is 0 Å². The Bertz CT molecular complexity index is 366. The molecule has 1 rings (SSSR count). The van der Waals surface area contributed by atoms with E-state index in [2.05, 4.69) is 39.6 Å². The summed E-state index contributed by atoms with van der Waals surface area (Å²) >= 11 is 0. The van der Waals surface area contributed by atoms with Gasteiger partial charge in [0.25, 0.3) is 0 Å². The summed E-state index contributed by atoms with van der Waals surface area (Å²) in [5, 5.41) is 6.59. The lowest BCUT2D eigenvalue weighted by Crippen LogP contribution is -2.17. The van der Waals surface area contributed by atoms with Gasteiger partial charge < -0.3 is 21.3 Å². The fourth-order valence-corrected chi connectivity index (χ4v) is 1.68. The lowest BCUT2D eigenvalue weighted by molar-refractivity contribution is 0.405. The molecule has 1 aromatic rings. The Kier molecular flexibility index (Phi) is 7.14. The van der Waals surface area contributed by atoms with Crippen molar-refractivity contribution in [3.63, 3.8) is 0 Å². The van der Waals surface area contributed by atoms with Crippen molar-refractivity contribution in [1.29, 1.82) is 0 Å². The molecule has 0 aliphatic heterocycles. The fraction of sp³-hybridized carbons (Fsp3) is 0.692. The summed E-state index contributed by atoms with van der Waals surface area (Å²) in [5.41, 5.74) is 5.47. The van der Waals surface area contributed by atoms with Crippen LogP contribution in [-0.2, 0) is 0 Å². The molecule has 19 heavy (non-hydrogen) atoms. The SMILES string of the molecule is Cc1nc(NCCCN)cc(NCCCN(C)C)n1. The summed E-state index contributed by atoms with van der Waals surface area (Å²) in [5.74, 6) is 2.51. The first kappa shape index (κ1) is 15.7. The molecule has 0 unspecified atom stereocenters. The maximum Gasteiger partial charge on any atom is 0.131 e. The molecule has 0 aromatic carbocycles. The molecule has 0 aliphatic rings. The quantitative estimate of drug-likeness (QED) is 0.577. The number of hydrogen-bond acceptors (Lipinski definition) is 6. The highest BCUT2D eigenvalue weighted by Crippen LogP contribution is 2.10. The van der Waals surface area contributed by atoms with Crippen LogP contribution in [0.15, 0.2) is 6.07 Å². The predicted molar refractivity (Wildman–Crippen MR) is 80.6 cm³/mol. The van der Waals surface area contributed by atoms with E-state index < -0.39 is 0 Å². The van der Waals surface area contributed by atoms with Crippen LogP contribution in [0.4, 0.5) is 11.6 Å². The summed E-state index contributed by atoms with van der Waals surface area (Å²) in [6.45, 7) is 5.41. The van der Waals surface area contributed by atoms with Crippen molar-refractivity contribution >= 4 is 11.6 Å². The molecule has 0 bridgehead atoms. The fourth-order valence-electron chi connectivity index (χ4n) is 1.68. The van der Waals surface area contributed by atoms with Gasteiger partial charge in [-0.05, 0) is 47.0 Å². The van der Waals surface area contributed by atoms with E-state index in [0.717, 1.165) is 49.9 Å². The molecular weight excluding hydrogens is 240 g/mol. The molecule has 1 heterocycles. The van der Waals surface area contributed by atoms with Gasteiger partial charge in [-0.3, -0.25) is 0 Å². The molecule has 6 heteroatoms. The monoisotopic (exact) mass is 266 g/mol. The molecule has 0 saturated carbocycles. The summed E-state index contributed by atoms with van der Waals surface area (Å²) in [6.07, 6.45) is 2.03. The van der Waals surface area contributed by atoms with Gasteiger partial charge in [0.15, 0.2) is 0 Å². The highest BCUT2D eigenvalue weighted by Gasteiger charge is 2.01. The van der Waals surface area contributed by atoms with Gasteiger partial charge in [-0.1, -0.05) is 0 Å². The van der Waals surface area contributed by atoms with Crippen LogP contribution in [-0.4, -0.2) is 55.1 Å². The molecule has 6 nitrogen and oxygen atoms in total. The Morgan fingerprint density at radius 2 is 1.68 bits per heavy atom. The van der Waals surface area contributed by atoms with Crippen LogP contribution in [0.1, 0.15) is 18.7 Å². The lowest BCUT2D eigenvalue weighted by Gasteiger charge is -2.12. The number of rotatable bonds is 9. The minimum Gasteiger partial charge on any atom is -0.370 e. The zero-order valence-electron chi connectivity index (χ0n) is 12.2. The largest absolute Gasteiger partial charge is 0.370 e.